The van der Waals surface area contributed by atoms with Gasteiger partial charge in [-0.1, -0.05) is 0 Å². The number of aliphatic carboxylic acids is 1. The highest BCUT2D eigenvalue weighted by Gasteiger charge is 2.27. The van der Waals surface area contributed by atoms with Gasteiger partial charge in [-0.15, -0.1) is 0 Å². The molecule has 18 heavy (non-hydrogen) atoms. The summed E-state index contributed by atoms with van der Waals surface area (Å²) in [7, 11) is -1.58. The lowest BCUT2D eigenvalue weighted by molar-refractivity contribution is -0.145. The summed E-state index contributed by atoms with van der Waals surface area (Å²) in [6.07, 6.45) is 0.813. The summed E-state index contributed by atoms with van der Waals surface area (Å²) in [5.74, 6) is -2.84. The lowest BCUT2D eigenvalue weighted by atomic mass is 9.97. The van der Waals surface area contributed by atoms with Crippen LogP contribution in [0.4, 0.5) is 0 Å². The molecule has 0 spiro atoms. The number of rotatable bonds is 5. The maximum Gasteiger partial charge on any atom is 0.306 e. The fourth-order valence-electron chi connectivity index (χ4n) is 1.81. The van der Waals surface area contributed by atoms with Crippen LogP contribution >= 0.6 is 0 Å². The molecule has 102 valence electrons. The van der Waals surface area contributed by atoms with Gasteiger partial charge in [-0.05, 0) is 12.8 Å². The predicted octanol–water partition coefficient (Wildman–Crippen LogP) is -1.46. The molecule has 1 saturated heterocycles. The number of carboxylic acids is 1. The summed E-state index contributed by atoms with van der Waals surface area (Å²) >= 11 is 0. The predicted molar refractivity (Wildman–Crippen MR) is 64.0 cm³/mol. The first-order valence-electron chi connectivity index (χ1n) is 5.54. The Morgan fingerprint density at radius 3 is 2.22 bits per heavy atom. The Bertz CT molecular complexity index is 376. The Labute approximate surface area is 107 Å². The summed E-state index contributed by atoms with van der Waals surface area (Å²) in [6, 6.07) is 0. The highest BCUT2D eigenvalue weighted by Crippen LogP contribution is 2.17. The van der Waals surface area contributed by atoms with Crippen LogP contribution in [0.2, 0.25) is 0 Å². The number of likely N-dealkylation sites (tertiary alicyclic amines) is 1. The smallest absolute Gasteiger partial charge is 0.306 e. The van der Waals surface area contributed by atoms with E-state index in [9.17, 15) is 18.6 Å². The lowest BCUT2D eigenvalue weighted by Gasteiger charge is -2.30. The van der Waals surface area contributed by atoms with Crippen LogP contribution in [0.3, 0.4) is 0 Å². The maximum atomic E-state index is 11.7. The van der Waals surface area contributed by atoms with Gasteiger partial charge in [0.1, 0.15) is 11.5 Å². The summed E-state index contributed by atoms with van der Waals surface area (Å²) in [5, 5.41) is 8.80. The molecular weight excluding hydrogens is 260 g/mol. The highest BCUT2D eigenvalue weighted by molar-refractivity contribution is 7.86. The van der Waals surface area contributed by atoms with Crippen molar-refractivity contribution in [3.05, 3.63) is 0 Å². The third kappa shape index (κ3) is 4.44. The van der Waals surface area contributed by atoms with E-state index >= 15 is 0 Å². The first kappa shape index (κ1) is 14.6. The van der Waals surface area contributed by atoms with E-state index in [4.69, 9.17) is 10.8 Å². The van der Waals surface area contributed by atoms with Crippen LogP contribution in [-0.4, -0.2) is 56.6 Å². The Balaban J connectivity index is 2.38. The fourth-order valence-corrected chi connectivity index (χ4v) is 2.69. The van der Waals surface area contributed by atoms with Crippen LogP contribution in [0, 0.1) is 5.92 Å². The zero-order valence-electron chi connectivity index (χ0n) is 9.83. The molecule has 1 aliphatic rings. The van der Waals surface area contributed by atoms with E-state index in [-0.39, 0.29) is 17.4 Å². The number of carbonyl (C=O) groups is 3. The molecule has 8 heteroatoms. The molecule has 0 bridgehead atoms. The van der Waals surface area contributed by atoms with Crippen molar-refractivity contribution in [2.75, 3.05) is 24.6 Å². The third-order valence-electron chi connectivity index (χ3n) is 2.78. The molecule has 2 amide bonds. The molecule has 0 aromatic carbocycles. The molecule has 0 aromatic rings. The molecule has 0 radical (unpaired) electrons. The first-order valence-corrected chi connectivity index (χ1v) is 7.03. The van der Waals surface area contributed by atoms with Gasteiger partial charge in [0, 0.05) is 23.9 Å². The number of piperidine rings is 1. The number of hydrogen-bond donors (Lipinski definition) is 2. The first-order chi connectivity index (χ1) is 8.40. The average Bonchev–Trinajstić information content (AvgIpc) is 2.27. The largest absolute Gasteiger partial charge is 0.481 e. The molecule has 7 nitrogen and oxygen atoms in total. The molecule has 0 aliphatic carbocycles. The van der Waals surface area contributed by atoms with Crippen molar-refractivity contribution in [2.45, 2.75) is 12.8 Å². The van der Waals surface area contributed by atoms with Gasteiger partial charge in [-0.25, -0.2) is 0 Å². The van der Waals surface area contributed by atoms with Crippen LogP contribution in [-0.2, 0) is 25.2 Å². The van der Waals surface area contributed by atoms with E-state index in [1.807, 2.05) is 0 Å². The minimum atomic E-state index is -1.58. The van der Waals surface area contributed by atoms with Gasteiger partial charge in [0.15, 0.2) is 0 Å². The van der Waals surface area contributed by atoms with E-state index in [1.165, 1.54) is 4.90 Å². The van der Waals surface area contributed by atoms with Gasteiger partial charge in [0.2, 0.25) is 11.8 Å². The molecule has 0 saturated carbocycles. The summed E-state index contributed by atoms with van der Waals surface area (Å²) in [4.78, 5) is 34.4. The standard InChI is InChI=1S/C10H16N2O5S/c11-8(13)5-18(17)6-9(14)12-3-1-7(2-4-12)10(15)16/h7H,1-6H2,(H2,11,13)(H,15,16). The number of amides is 2. The van der Waals surface area contributed by atoms with E-state index in [0.29, 0.717) is 25.9 Å². The second kappa shape index (κ2) is 6.48. The van der Waals surface area contributed by atoms with E-state index in [1.54, 1.807) is 0 Å². The van der Waals surface area contributed by atoms with Crippen LogP contribution in [0.25, 0.3) is 0 Å². The molecule has 1 heterocycles. The minimum absolute atomic E-state index is 0.235. The van der Waals surface area contributed by atoms with E-state index < -0.39 is 28.6 Å². The number of carboxylic acid groups (broad SMARTS) is 1. The van der Waals surface area contributed by atoms with Crippen LogP contribution < -0.4 is 5.73 Å². The number of hydrogen-bond acceptors (Lipinski definition) is 4. The zero-order chi connectivity index (χ0) is 13.7. The molecule has 1 atom stereocenters. The minimum Gasteiger partial charge on any atom is -0.481 e. The molecule has 1 aliphatic heterocycles. The van der Waals surface area contributed by atoms with E-state index in [0.717, 1.165) is 0 Å². The van der Waals surface area contributed by atoms with Crippen LogP contribution in [0.15, 0.2) is 0 Å². The topological polar surface area (TPSA) is 118 Å². The van der Waals surface area contributed by atoms with Crippen LogP contribution in [0.1, 0.15) is 12.8 Å². The SMILES string of the molecule is NC(=O)CS(=O)CC(=O)N1CCC(C(=O)O)CC1. The Morgan fingerprint density at radius 2 is 1.78 bits per heavy atom. The highest BCUT2D eigenvalue weighted by atomic mass is 32.2. The Kier molecular flexibility index (Phi) is 5.26. The Hall–Kier alpha value is -1.44. The maximum absolute atomic E-state index is 11.7. The van der Waals surface area contributed by atoms with Crippen molar-refractivity contribution in [2.24, 2.45) is 11.7 Å². The van der Waals surface area contributed by atoms with Gasteiger partial charge in [-0.3, -0.25) is 18.6 Å². The zero-order valence-corrected chi connectivity index (χ0v) is 10.6. The van der Waals surface area contributed by atoms with Gasteiger partial charge >= 0.3 is 5.97 Å². The quantitative estimate of drug-likeness (QED) is 0.636. The lowest BCUT2D eigenvalue weighted by Crippen LogP contribution is -2.42. The number of nitrogens with zero attached hydrogens (tertiary/aromatic N) is 1. The fraction of sp³-hybridized carbons (Fsp3) is 0.700. The monoisotopic (exact) mass is 276 g/mol. The average molecular weight is 276 g/mol. The molecular formula is C10H16N2O5S. The van der Waals surface area contributed by atoms with Crippen molar-refractivity contribution in [1.82, 2.24) is 4.90 Å². The van der Waals surface area contributed by atoms with Crippen molar-refractivity contribution < 1.29 is 23.7 Å². The molecule has 1 rings (SSSR count). The van der Waals surface area contributed by atoms with Gasteiger partial charge in [0.25, 0.3) is 0 Å². The second-order valence-corrected chi connectivity index (χ2v) is 5.65. The van der Waals surface area contributed by atoms with Gasteiger partial charge < -0.3 is 15.7 Å². The van der Waals surface area contributed by atoms with Crippen molar-refractivity contribution in [3.8, 4) is 0 Å². The van der Waals surface area contributed by atoms with Crippen molar-refractivity contribution in [3.63, 3.8) is 0 Å². The molecule has 1 fully saturated rings. The summed E-state index contributed by atoms with van der Waals surface area (Å²) in [6.45, 7) is 0.702. The molecule has 0 aromatic heterocycles. The van der Waals surface area contributed by atoms with Gasteiger partial charge in [0.05, 0.1) is 5.92 Å². The second-order valence-electron chi connectivity index (χ2n) is 4.19. The Morgan fingerprint density at radius 1 is 1.22 bits per heavy atom. The number of primary amides is 1. The van der Waals surface area contributed by atoms with Crippen molar-refractivity contribution >= 4 is 28.6 Å². The number of nitrogens with two attached hydrogens (primary N) is 1. The van der Waals surface area contributed by atoms with Crippen molar-refractivity contribution in [1.29, 1.82) is 0 Å². The summed E-state index contributed by atoms with van der Waals surface area (Å²) in [5.41, 5.74) is 4.88. The third-order valence-corrected chi connectivity index (χ3v) is 3.96. The summed E-state index contributed by atoms with van der Waals surface area (Å²) < 4.78 is 11.3. The van der Waals surface area contributed by atoms with E-state index in [2.05, 4.69) is 0 Å². The molecule has 1 unspecified atom stereocenters. The van der Waals surface area contributed by atoms with Gasteiger partial charge in [-0.2, -0.15) is 0 Å². The number of carbonyl (C=O) groups excluding carboxylic acids is 2. The normalized spacial score (nSPS) is 18.3. The molecule has 3 N–H and O–H groups in total. The van der Waals surface area contributed by atoms with Crippen LogP contribution in [0.5, 0.6) is 0 Å².